The van der Waals surface area contributed by atoms with Gasteiger partial charge in [-0.15, -0.1) is 0 Å². The zero-order valence-electron chi connectivity index (χ0n) is 38.9. The number of carbonyl (C=O) groups is 4. The molecule has 362 valence electrons. The van der Waals surface area contributed by atoms with Crippen molar-refractivity contribution in [3.8, 4) is 0 Å². The monoisotopic (exact) mass is 923 g/mol. The molecule has 0 radical (unpaired) electrons. The largest absolute Gasteiger partial charge is 0.480 e. The number of carbonyl (C=O) groups excluding carboxylic acids is 2. The summed E-state index contributed by atoms with van der Waals surface area (Å²) in [5.41, 5.74) is 4.04. The molecule has 1 aliphatic rings. The third kappa shape index (κ3) is 22.5. The Kier molecular flexibility index (Phi) is 23.8. The third-order valence-corrected chi connectivity index (χ3v) is 11.8. The topological polar surface area (TPSA) is 204 Å². The highest BCUT2D eigenvalue weighted by Crippen LogP contribution is 2.06. The van der Waals surface area contributed by atoms with Gasteiger partial charge in [-0.2, -0.15) is 0 Å². The highest BCUT2D eigenvalue weighted by atomic mass is 16.4. The Morgan fingerprint density at radius 3 is 1.10 bits per heavy atom. The van der Waals surface area contributed by atoms with Crippen molar-refractivity contribution >= 4 is 23.8 Å². The Morgan fingerprint density at radius 1 is 0.448 bits per heavy atom. The summed E-state index contributed by atoms with van der Waals surface area (Å²) in [6.45, 7) is 9.07. The highest BCUT2D eigenvalue weighted by Gasteiger charge is 2.21. The third-order valence-electron chi connectivity index (χ3n) is 11.8. The first-order valence-electron chi connectivity index (χ1n) is 23.6. The predicted octanol–water partition coefficient (Wildman–Crippen LogP) is 1.15. The summed E-state index contributed by atoms with van der Waals surface area (Å²) in [5, 5.41) is 25.8. The number of aromatic nitrogens is 4. The molecule has 18 heteroatoms. The van der Waals surface area contributed by atoms with Crippen LogP contribution >= 0.6 is 0 Å². The number of carboxylic acid groups (broad SMARTS) is 2. The smallest absolute Gasteiger partial charge is 0.317 e. The van der Waals surface area contributed by atoms with Crippen LogP contribution in [0.2, 0.25) is 0 Å². The molecule has 0 aliphatic carbocycles. The summed E-state index contributed by atoms with van der Waals surface area (Å²) >= 11 is 0. The molecule has 0 spiro atoms. The molecule has 0 saturated carbocycles. The average Bonchev–Trinajstić information content (AvgIpc) is 3.33. The van der Waals surface area contributed by atoms with Gasteiger partial charge in [0.2, 0.25) is 11.8 Å². The molecule has 67 heavy (non-hydrogen) atoms. The lowest BCUT2D eigenvalue weighted by Gasteiger charge is -2.33. The second-order valence-corrected chi connectivity index (χ2v) is 16.9. The maximum atomic E-state index is 13.4. The predicted molar refractivity (Wildman–Crippen MR) is 256 cm³/mol. The van der Waals surface area contributed by atoms with Gasteiger partial charge >= 0.3 is 11.9 Å². The first-order valence-corrected chi connectivity index (χ1v) is 23.6. The fourth-order valence-electron chi connectivity index (χ4n) is 7.92. The molecule has 1 aliphatic heterocycles. The van der Waals surface area contributed by atoms with E-state index in [1.165, 1.54) is 0 Å². The first-order chi connectivity index (χ1) is 32.7. The van der Waals surface area contributed by atoms with Crippen molar-refractivity contribution in [2.45, 2.75) is 32.1 Å². The lowest BCUT2D eigenvalue weighted by atomic mass is 10.2. The van der Waals surface area contributed by atoms with E-state index < -0.39 is 11.9 Å². The van der Waals surface area contributed by atoms with E-state index in [-0.39, 0.29) is 37.9 Å². The zero-order valence-corrected chi connectivity index (χ0v) is 38.9. The van der Waals surface area contributed by atoms with Gasteiger partial charge in [0.15, 0.2) is 0 Å². The maximum Gasteiger partial charge on any atom is 0.317 e. The van der Waals surface area contributed by atoms with Gasteiger partial charge < -0.3 is 35.5 Å². The van der Waals surface area contributed by atoms with Crippen molar-refractivity contribution in [1.82, 2.24) is 60.0 Å². The van der Waals surface area contributed by atoms with Crippen LogP contribution in [0, 0.1) is 0 Å². The van der Waals surface area contributed by atoms with Gasteiger partial charge in [0, 0.05) is 191 Å². The minimum atomic E-state index is -0.945. The van der Waals surface area contributed by atoms with Crippen LogP contribution in [0.1, 0.15) is 29.2 Å². The maximum absolute atomic E-state index is 13.4. The first kappa shape index (κ1) is 52.2. The number of aliphatic carboxylic acids is 2. The molecule has 2 amide bonds. The number of nitrogens with zero attached hydrogens (tertiary/aromatic N) is 10. The van der Waals surface area contributed by atoms with E-state index in [4.69, 9.17) is 0 Å². The summed E-state index contributed by atoms with van der Waals surface area (Å²) < 4.78 is 0. The van der Waals surface area contributed by atoms with Crippen LogP contribution in [-0.2, 0) is 44.9 Å². The molecular formula is C49H70N12O6. The molecule has 0 aromatic carbocycles. The van der Waals surface area contributed by atoms with Crippen molar-refractivity contribution in [3.63, 3.8) is 0 Å². The van der Waals surface area contributed by atoms with E-state index in [1.54, 1.807) is 24.8 Å². The fourth-order valence-corrected chi connectivity index (χ4v) is 7.92. The quantitative estimate of drug-likeness (QED) is 0.0663. The van der Waals surface area contributed by atoms with E-state index in [9.17, 15) is 29.4 Å². The van der Waals surface area contributed by atoms with Gasteiger partial charge in [-0.3, -0.25) is 53.8 Å². The number of hydrogen-bond acceptors (Lipinski definition) is 14. The van der Waals surface area contributed by atoms with Gasteiger partial charge in [0.05, 0.1) is 19.6 Å². The lowest BCUT2D eigenvalue weighted by molar-refractivity contribution is -0.139. The number of carboxylic acids is 2. The molecule has 5 heterocycles. The van der Waals surface area contributed by atoms with Gasteiger partial charge in [-0.1, -0.05) is 24.3 Å². The van der Waals surface area contributed by atoms with Gasteiger partial charge in [-0.25, -0.2) is 0 Å². The molecule has 4 N–H and O–H groups in total. The van der Waals surface area contributed by atoms with E-state index in [0.29, 0.717) is 85.1 Å². The molecular weight excluding hydrogens is 853 g/mol. The minimum Gasteiger partial charge on any atom is -0.480 e. The van der Waals surface area contributed by atoms with Crippen molar-refractivity contribution in [2.24, 2.45) is 0 Å². The normalized spacial score (nSPS) is 14.9. The molecule has 18 nitrogen and oxygen atoms in total. The Labute approximate surface area is 395 Å². The minimum absolute atomic E-state index is 0.0825. The highest BCUT2D eigenvalue weighted by molar-refractivity contribution is 5.78. The van der Waals surface area contributed by atoms with Crippen molar-refractivity contribution in [2.75, 3.05) is 131 Å². The van der Waals surface area contributed by atoms with Crippen LogP contribution in [0.3, 0.4) is 0 Å². The van der Waals surface area contributed by atoms with E-state index >= 15 is 0 Å². The van der Waals surface area contributed by atoms with Gasteiger partial charge in [0.25, 0.3) is 0 Å². The molecule has 0 unspecified atom stereocenters. The van der Waals surface area contributed by atoms with Crippen LogP contribution in [0.4, 0.5) is 0 Å². The fraction of sp³-hybridized carbons (Fsp3) is 0.510. The van der Waals surface area contributed by atoms with Crippen LogP contribution in [-0.4, -0.2) is 214 Å². The van der Waals surface area contributed by atoms with Crippen molar-refractivity contribution in [3.05, 3.63) is 120 Å². The Bertz CT molecular complexity index is 1890. The number of rotatable bonds is 27. The molecule has 1 saturated heterocycles. The van der Waals surface area contributed by atoms with Gasteiger partial charge in [-0.05, 0) is 48.5 Å². The standard InChI is InChI=1S/C49H70N12O6/c62-46(54-22-29-56(24-13-42-9-1-5-18-50-42)25-14-43-10-2-6-19-51-43)17-28-58-31-33-60(40-48(64)65)37-35-59(36-38-61(34-32-58)41-49(66)67)39-47(63)55-23-30-57(26-15-44-11-3-7-20-52-44)27-16-45-12-4-8-21-53-45/h1-12,18-21H,13-17,22-41H2,(H,54,62)(H,55,63)(H,64,65)(H,66,67). The molecule has 5 rings (SSSR count). The molecule has 4 aromatic heterocycles. The second-order valence-electron chi connectivity index (χ2n) is 16.9. The van der Waals surface area contributed by atoms with Crippen LogP contribution < -0.4 is 10.6 Å². The summed E-state index contributed by atoms with van der Waals surface area (Å²) in [6.07, 6.45) is 10.6. The van der Waals surface area contributed by atoms with Gasteiger partial charge in [0.1, 0.15) is 0 Å². The molecule has 1 fully saturated rings. The number of hydrogen-bond donors (Lipinski definition) is 4. The van der Waals surface area contributed by atoms with E-state index in [2.05, 4.69) is 45.3 Å². The Hall–Kier alpha value is -5.76. The van der Waals surface area contributed by atoms with Crippen LogP contribution in [0.5, 0.6) is 0 Å². The summed E-state index contributed by atoms with van der Waals surface area (Å²) in [6, 6.07) is 23.6. The van der Waals surface area contributed by atoms with E-state index in [1.807, 2.05) is 87.5 Å². The number of pyridine rings is 4. The molecule has 4 aromatic rings. The molecule has 0 atom stereocenters. The molecule has 0 bridgehead atoms. The summed E-state index contributed by atoms with van der Waals surface area (Å²) in [5.74, 6) is -2.12. The number of nitrogens with one attached hydrogen (secondary N) is 2. The summed E-state index contributed by atoms with van der Waals surface area (Å²) in [7, 11) is 0. The van der Waals surface area contributed by atoms with Crippen molar-refractivity contribution in [1.29, 1.82) is 0 Å². The average molecular weight is 923 g/mol. The Balaban J connectivity index is 1.11. The van der Waals surface area contributed by atoms with Crippen molar-refractivity contribution < 1.29 is 29.4 Å². The Morgan fingerprint density at radius 2 is 0.776 bits per heavy atom. The van der Waals surface area contributed by atoms with Crippen LogP contribution in [0.25, 0.3) is 0 Å². The SMILES string of the molecule is O=C(O)CN1CCN(CCC(=O)NCCN(CCc2ccccn2)CCc2ccccn2)CCN(CC(=O)O)CCN(CC(=O)NCCN(CCc2ccccn2)CCc2ccccn2)CC1. The summed E-state index contributed by atoms with van der Waals surface area (Å²) in [4.78, 5) is 80.9. The van der Waals surface area contributed by atoms with Crippen LogP contribution in [0.15, 0.2) is 97.6 Å². The number of amides is 2. The van der Waals surface area contributed by atoms with E-state index in [0.717, 1.165) is 74.6 Å². The zero-order chi connectivity index (χ0) is 47.3. The second kappa shape index (κ2) is 30.5. The lowest BCUT2D eigenvalue weighted by Crippen LogP contribution is -2.50.